The molecule has 0 N–H and O–H groups in total. The second-order valence-corrected chi connectivity index (χ2v) is 5.24. The Bertz CT molecular complexity index is 364. The zero-order valence-corrected chi connectivity index (χ0v) is 11.4. The van der Waals surface area contributed by atoms with Crippen LogP contribution in [0, 0.1) is 0 Å². The van der Waals surface area contributed by atoms with E-state index in [0.29, 0.717) is 5.56 Å². The Balaban J connectivity index is 1.93. The van der Waals surface area contributed by atoms with Gasteiger partial charge in [-0.1, -0.05) is 0 Å². The first kappa shape index (κ1) is 13.5. The van der Waals surface area contributed by atoms with E-state index in [1.807, 2.05) is 5.38 Å². The van der Waals surface area contributed by atoms with Gasteiger partial charge in [0.15, 0.2) is 0 Å². The smallest absolute Gasteiger partial charge is 0.339 e. The first-order valence-electron chi connectivity index (χ1n) is 6.01. The van der Waals surface area contributed by atoms with Gasteiger partial charge >= 0.3 is 5.97 Å². The van der Waals surface area contributed by atoms with Crippen LogP contribution in [0.1, 0.15) is 29.6 Å². The summed E-state index contributed by atoms with van der Waals surface area (Å²) in [6.07, 6.45) is 2.42. The number of esters is 1. The monoisotopic (exact) mass is 270 g/mol. The molecule has 3 atom stereocenters. The topological polar surface area (TPSA) is 44.8 Å². The molecule has 4 nitrogen and oxygen atoms in total. The standard InChI is InChI=1S/C13H18O4S/c1-15-10-5-11(16-2)7-12(6-10)17-13(14)9-3-4-18-8-9/h3-4,8,10-12H,5-7H2,1-2H3/t10-,11+,12?. The van der Waals surface area contributed by atoms with Gasteiger partial charge in [0.05, 0.1) is 17.8 Å². The molecule has 0 radical (unpaired) electrons. The Hall–Kier alpha value is -0.910. The highest BCUT2D eigenvalue weighted by molar-refractivity contribution is 7.08. The van der Waals surface area contributed by atoms with Crippen LogP contribution in [-0.2, 0) is 14.2 Å². The van der Waals surface area contributed by atoms with E-state index in [2.05, 4.69) is 0 Å². The van der Waals surface area contributed by atoms with Gasteiger partial charge < -0.3 is 14.2 Å². The Morgan fingerprint density at radius 1 is 1.17 bits per heavy atom. The van der Waals surface area contributed by atoms with Crippen molar-refractivity contribution in [2.24, 2.45) is 0 Å². The number of ether oxygens (including phenoxy) is 3. The lowest BCUT2D eigenvalue weighted by Crippen LogP contribution is -2.37. The van der Waals surface area contributed by atoms with Crippen LogP contribution in [0.3, 0.4) is 0 Å². The number of carbonyl (C=O) groups is 1. The molecule has 1 aliphatic carbocycles. The van der Waals surface area contributed by atoms with Crippen molar-refractivity contribution in [2.45, 2.75) is 37.6 Å². The van der Waals surface area contributed by atoms with Crippen LogP contribution in [-0.4, -0.2) is 38.5 Å². The lowest BCUT2D eigenvalue weighted by Gasteiger charge is -2.32. The van der Waals surface area contributed by atoms with E-state index < -0.39 is 0 Å². The van der Waals surface area contributed by atoms with E-state index in [1.165, 1.54) is 11.3 Å². The van der Waals surface area contributed by atoms with E-state index in [9.17, 15) is 4.79 Å². The molecule has 1 fully saturated rings. The fraction of sp³-hybridized carbons (Fsp3) is 0.615. The first-order chi connectivity index (χ1) is 8.72. The number of carbonyl (C=O) groups excluding carboxylic acids is 1. The molecule has 1 aromatic heterocycles. The van der Waals surface area contributed by atoms with Crippen LogP contribution >= 0.6 is 11.3 Å². The van der Waals surface area contributed by atoms with Gasteiger partial charge in [-0.3, -0.25) is 0 Å². The van der Waals surface area contributed by atoms with E-state index in [0.717, 1.165) is 19.3 Å². The summed E-state index contributed by atoms with van der Waals surface area (Å²) in [5, 5.41) is 3.67. The van der Waals surface area contributed by atoms with E-state index in [-0.39, 0.29) is 24.3 Å². The van der Waals surface area contributed by atoms with Crippen molar-refractivity contribution in [1.82, 2.24) is 0 Å². The zero-order chi connectivity index (χ0) is 13.0. The summed E-state index contributed by atoms with van der Waals surface area (Å²) in [6.45, 7) is 0. The highest BCUT2D eigenvalue weighted by atomic mass is 32.1. The number of hydrogen-bond donors (Lipinski definition) is 0. The normalized spacial score (nSPS) is 28.0. The van der Waals surface area contributed by atoms with Crippen LogP contribution in [0.4, 0.5) is 0 Å². The summed E-state index contributed by atoms with van der Waals surface area (Å²) in [4.78, 5) is 11.9. The van der Waals surface area contributed by atoms with Gasteiger partial charge in [0.1, 0.15) is 6.10 Å². The summed E-state index contributed by atoms with van der Waals surface area (Å²) in [7, 11) is 3.36. The third kappa shape index (κ3) is 3.31. The highest BCUT2D eigenvalue weighted by Crippen LogP contribution is 2.26. The summed E-state index contributed by atoms with van der Waals surface area (Å²) in [5.74, 6) is -0.257. The molecule has 100 valence electrons. The van der Waals surface area contributed by atoms with Crippen molar-refractivity contribution in [3.05, 3.63) is 22.4 Å². The molecular formula is C13H18O4S. The summed E-state index contributed by atoms with van der Waals surface area (Å²) in [6, 6.07) is 1.78. The van der Waals surface area contributed by atoms with Crippen molar-refractivity contribution >= 4 is 17.3 Å². The molecule has 2 rings (SSSR count). The largest absolute Gasteiger partial charge is 0.459 e. The second kappa shape index (κ2) is 6.31. The molecule has 1 aromatic rings. The Labute approximate surface area is 111 Å². The van der Waals surface area contributed by atoms with E-state index in [1.54, 1.807) is 25.7 Å². The molecule has 0 amide bonds. The molecular weight excluding hydrogens is 252 g/mol. The van der Waals surface area contributed by atoms with Crippen molar-refractivity contribution in [1.29, 1.82) is 0 Å². The van der Waals surface area contributed by atoms with Crippen molar-refractivity contribution in [3.8, 4) is 0 Å². The number of thiophene rings is 1. The lowest BCUT2D eigenvalue weighted by atomic mass is 9.92. The quantitative estimate of drug-likeness (QED) is 0.788. The third-order valence-electron chi connectivity index (χ3n) is 3.27. The van der Waals surface area contributed by atoms with E-state index in [4.69, 9.17) is 14.2 Å². The molecule has 0 bridgehead atoms. The fourth-order valence-corrected chi connectivity index (χ4v) is 2.87. The molecule has 0 aliphatic heterocycles. The van der Waals surface area contributed by atoms with Gasteiger partial charge in [-0.2, -0.15) is 11.3 Å². The zero-order valence-electron chi connectivity index (χ0n) is 10.6. The fourth-order valence-electron chi connectivity index (χ4n) is 2.25. The predicted molar refractivity (Wildman–Crippen MR) is 69.0 cm³/mol. The highest BCUT2D eigenvalue weighted by Gasteiger charge is 2.31. The van der Waals surface area contributed by atoms with E-state index >= 15 is 0 Å². The molecule has 18 heavy (non-hydrogen) atoms. The van der Waals surface area contributed by atoms with Gasteiger partial charge in [0.2, 0.25) is 0 Å². The first-order valence-corrected chi connectivity index (χ1v) is 6.96. The van der Waals surface area contributed by atoms with Gasteiger partial charge in [-0.05, 0) is 11.4 Å². The average molecular weight is 270 g/mol. The molecule has 1 unspecified atom stereocenters. The maximum atomic E-state index is 11.9. The van der Waals surface area contributed by atoms with Gasteiger partial charge in [0, 0.05) is 38.9 Å². The van der Waals surface area contributed by atoms with Crippen molar-refractivity contribution in [2.75, 3.05) is 14.2 Å². The Morgan fingerprint density at radius 2 is 1.78 bits per heavy atom. The van der Waals surface area contributed by atoms with Crippen LogP contribution in [0.2, 0.25) is 0 Å². The Morgan fingerprint density at radius 3 is 2.28 bits per heavy atom. The number of rotatable bonds is 4. The van der Waals surface area contributed by atoms with Gasteiger partial charge in [-0.25, -0.2) is 4.79 Å². The molecule has 0 aromatic carbocycles. The Kier molecular flexibility index (Phi) is 4.74. The second-order valence-electron chi connectivity index (χ2n) is 4.46. The minimum Gasteiger partial charge on any atom is -0.459 e. The summed E-state index contributed by atoms with van der Waals surface area (Å²) in [5.41, 5.74) is 0.619. The predicted octanol–water partition coefficient (Wildman–Crippen LogP) is 2.49. The lowest BCUT2D eigenvalue weighted by molar-refractivity contribution is -0.0655. The minimum atomic E-state index is -0.257. The van der Waals surface area contributed by atoms with Crippen LogP contribution in [0.25, 0.3) is 0 Å². The maximum absolute atomic E-state index is 11.9. The van der Waals surface area contributed by atoms with Crippen molar-refractivity contribution < 1.29 is 19.0 Å². The molecule has 0 saturated heterocycles. The summed E-state index contributed by atoms with van der Waals surface area (Å²) >= 11 is 1.49. The molecule has 1 aliphatic rings. The average Bonchev–Trinajstić information content (AvgIpc) is 2.92. The summed E-state index contributed by atoms with van der Waals surface area (Å²) < 4.78 is 16.2. The number of methoxy groups -OCH3 is 2. The van der Waals surface area contributed by atoms with Crippen molar-refractivity contribution in [3.63, 3.8) is 0 Å². The van der Waals surface area contributed by atoms with Crippen LogP contribution < -0.4 is 0 Å². The maximum Gasteiger partial charge on any atom is 0.339 e. The van der Waals surface area contributed by atoms with Gasteiger partial charge in [-0.15, -0.1) is 0 Å². The molecule has 0 spiro atoms. The van der Waals surface area contributed by atoms with Crippen LogP contribution in [0.5, 0.6) is 0 Å². The molecule has 1 saturated carbocycles. The third-order valence-corrected chi connectivity index (χ3v) is 3.96. The van der Waals surface area contributed by atoms with Crippen LogP contribution in [0.15, 0.2) is 16.8 Å². The molecule has 1 heterocycles. The van der Waals surface area contributed by atoms with Gasteiger partial charge in [0.25, 0.3) is 0 Å². The molecule has 5 heteroatoms. The number of hydrogen-bond acceptors (Lipinski definition) is 5. The minimum absolute atomic E-state index is 0.101. The SMILES string of the molecule is CO[C@@H]1CC(OC(=O)c2ccsc2)C[C@H](OC)C1.